The molecule has 0 aliphatic heterocycles. The highest BCUT2D eigenvalue weighted by molar-refractivity contribution is 5.99. The summed E-state index contributed by atoms with van der Waals surface area (Å²) in [6.07, 6.45) is 0. The van der Waals surface area contributed by atoms with Crippen molar-refractivity contribution in [2.45, 2.75) is 26.8 Å². The third-order valence-electron chi connectivity index (χ3n) is 2.20. The Kier molecular flexibility index (Phi) is 4.08. The van der Waals surface area contributed by atoms with E-state index in [0.717, 1.165) is 0 Å². The molecule has 1 rings (SSSR count). The van der Waals surface area contributed by atoms with E-state index in [0.29, 0.717) is 5.69 Å². The zero-order chi connectivity index (χ0) is 13.0. The number of nitrogens with two attached hydrogens (primary N) is 1. The molecular formula is C10H16N4O3. The molecule has 7 heteroatoms. The first-order valence-electron chi connectivity index (χ1n) is 5.25. The van der Waals surface area contributed by atoms with Crippen LogP contribution in [0.5, 0.6) is 0 Å². The van der Waals surface area contributed by atoms with Gasteiger partial charge in [0.15, 0.2) is 5.69 Å². The lowest BCUT2D eigenvalue weighted by molar-refractivity contribution is -0.144. The van der Waals surface area contributed by atoms with Crippen molar-refractivity contribution < 1.29 is 14.3 Å². The number of anilines is 1. The highest BCUT2D eigenvalue weighted by Crippen LogP contribution is 2.12. The van der Waals surface area contributed by atoms with Crippen LogP contribution in [0.25, 0.3) is 0 Å². The van der Waals surface area contributed by atoms with Gasteiger partial charge in [-0.3, -0.25) is 9.89 Å². The maximum absolute atomic E-state index is 11.7. The van der Waals surface area contributed by atoms with Crippen LogP contribution in [0, 0.1) is 6.92 Å². The summed E-state index contributed by atoms with van der Waals surface area (Å²) in [5, 5.41) is 8.81. The van der Waals surface area contributed by atoms with Gasteiger partial charge in [-0.25, -0.2) is 4.79 Å². The van der Waals surface area contributed by atoms with Crippen molar-refractivity contribution in [1.82, 2.24) is 15.5 Å². The predicted molar refractivity (Wildman–Crippen MR) is 61.3 cm³/mol. The number of rotatable bonds is 4. The van der Waals surface area contributed by atoms with Crippen LogP contribution in [0.15, 0.2) is 0 Å². The standard InChI is InChI=1S/C10H16N4O3/c1-4-17-10(16)6(3)12-9(15)8-7(11)5(2)13-14-8/h6H,4,11H2,1-3H3,(H,12,15)(H,13,14). The first-order chi connectivity index (χ1) is 7.97. The van der Waals surface area contributed by atoms with Gasteiger partial charge in [0, 0.05) is 0 Å². The van der Waals surface area contributed by atoms with E-state index >= 15 is 0 Å². The van der Waals surface area contributed by atoms with Crippen molar-refractivity contribution in [3.05, 3.63) is 11.4 Å². The Morgan fingerprint density at radius 3 is 2.71 bits per heavy atom. The highest BCUT2D eigenvalue weighted by atomic mass is 16.5. The molecule has 1 heterocycles. The van der Waals surface area contributed by atoms with E-state index in [9.17, 15) is 9.59 Å². The molecule has 7 nitrogen and oxygen atoms in total. The zero-order valence-corrected chi connectivity index (χ0v) is 10.0. The van der Waals surface area contributed by atoms with Crippen LogP contribution in [-0.2, 0) is 9.53 Å². The number of esters is 1. The number of aromatic nitrogens is 2. The lowest BCUT2D eigenvalue weighted by atomic mass is 10.2. The Hall–Kier alpha value is -2.05. The first kappa shape index (κ1) is 13.0. The minimum absolute atomic E-state index is 0.0821. The molecule has 0 aliphatic rings. The lowest BCUT2D eigenvalue weighted by Gasteiger charge is -2.11. The number of hydrogen-bond donors (Lipinski definition) is 3. The van der Waals surface area contributed by atoms with Gasteiger partial charge in [0.05, 0.1) is 18.0 Å². The number of ether oxygens (including phenoxy) is 1. The SMILES string of the molecule is CCOC(=O)C(C)NC(=O)c1n[nH]c(C)c1N. The van der Waals surface area contributed by atoms with Gasteiger partial charge in [0.2, 0.25) is 0 Å². The molecular weight excluding hydrogens is 224 g/mol. The van der Waals surface area contributed by atoms with Crippen molar-refractivity contribution in [1.29, 1.82) is 0 Å². The van der Waals surface area contributed by atoms with Gasteiger partial charge < -0.3 is 15.8 Å². The van der Waals surface area contributed by atoms with Gasteiger partial charge in [0.25, 0.3) is 5.91 Å². The second-order valence-corrected chi connectivity index (χ2v) is 3.56. The molecule has 1 amide bonds. The van der Waals surface area contributed by atoms with Crippen LogP contribution in [0.4, 0.5) is 5.69 Å². The Morgan fingerprint density at radius 1 is 1.59 bits per heavy atom. The lowest BCUT2D eigenvalue weighted by Crippen LogP contribution is -2.39. The highest BCUT2D eigenvalue weighted by Gasteiger charge is 2.21. The molecule has 1 atom stereocenters. The number of H-pyrrole nitrogens is 1. The Morgan fingerprint density at radius 2 is 2.24 bits per heavy atom. The number of nitrogens with zero attached hydrogens (tertiary/aromatic N) is 1. The summed E-state index contributed by atoms with van der Waals surface area (Å²) in [6, 6.07) is -0.737. The van der Waals surface area contributed by atoms with Gasteiger partial charge in [-0.1, -0.05) is 0 Å². The van der Waals surface area contributed by atoms with Crippen LogP contribution in [0.2, 0.25) is 0 Å². The molecule has 0 aromatic carbocycles. The third-order valence-corrected chi connectivity index (χ3v) is 2.20. The predicted octanol–water partition coefficient (Wildman–Crippen LogP) is -0.0183. The molecule has 17 heavy (non-hydrogen) atoms. The van der Waals surface area contributed by atoms with Crippen LogP contribution in [0.1, 0.15) is 30.0 Å². The van der Waals surface area contributed by atoms with E-state index in [1.54, 1.807) is 13.8 Å². The fourth-order valence-electron chi connectivity index (χ4n) is 1.20. The summed E-state index contributed by atoms with van der Waals surface area (Å²) >= 11 is 0. The molecule has 94 valence electrons. The molecule has 1 aromatic heterocycles. The molecule has 1 unspecified atom stereocenters. The number of amides is 1. The van der Waals surface area contributed by atoms with E-state index in [4.69, 9.17) is 10.5 Å². The van der Waals surface area contributed by atoms with Gasteiger partial charge in [0.1, 0.15) is 6.04 Å². The van der Waals surface area contributed by atoms with Crippen molar-refractivity contribution >= 4 is 17.6 Å². The van der Waals surface area contributed by atoms with E-state index in [1.165, 1.54) is 6.92 Å². The fourth-order valence-corrected chi connectivity index (χ4v) is 1.20. The normalized spacial score (nSPS) is 11.9. The van der Waals surface area contributed by atoms with E-state index in [-0.39, 0.29) is 18.0 Å². The molecule has 0 saturated carbocycles. The van der Waals surface area contributed by atoms with Gasteiger partial charge in [-0.2, -0.15) is 5.10 Å². The molecule has 0 aliphatic carbocycles. The smallest absolute Gasteiger partial charge is 0.328 e. The van der Waals surface area contributed by atoms with Crippen molar-refractivity contribution in [3.8, 4) is 0 Å². The minimum atomic E-state index is -0.737. The number of aryl methyl sites for hydroxylation is 1. The van der Waals surface area contributed by atoms with Crippen molar-refractivity contribution in [2.75, 3.05) is 12.3 Å². The summed E-state index contributed by atoms with van der Waals surface area (Å²) in [5.41, 5.74) is 6.61. The second kappa shape index (κ2) is 5.33. The average molecular weight is 240 g/mol. The number of nitrogens with one attached hydrogen (secondary N) is 2. The topological polar surface area (TPSA) is 110 Å². The largest absolute Gasteiger partial charge is 0.464 e. The van der Waals surface area contributed by atoms with Gasteiger partial charge in [-0.05, 0) is 20.8 Å². The summed E-state index contributed by atoms with van der Waals surface area (Å²) in [6.45, 7) is 5.20. The van der Waals surface area contributed by atoms with Crippen LogP contribution in [-0.4, -0.2) is 34.7 Å². The Balaban J connectivity index is 2.67. The number of carbonyl (C=O) groups is 2. The molecule has 0 saturated heterocycles. The van der Waals surface area contributed by atoms with Gasteiger partial charge >= 0.3 is 5.97 Å². The summed E-state index contributed by atoms with van der Waals surface area (Å²) in [7, 11) is 0. The molecule has 0 spiro atoms. The quantitative estimate of drug-likeness (QED) is 0.641. The average Bonchev–Trinajstić information content (AvgIpc) is 2.60. The summed E-state index contributed by atoms with van der Waals surface area (Å²) < 4.78 is 4.76. The first-order valence-corrected chi connectivity index (χ1v) is 5.25. The van der Waals surface area contributed by atoms with E-state index in [2.05, 4.69) is 15.5 Å². The van der Waals surface area contributed by atoms with E-state index < -0.39 is 17.9 Å². The second-order valence-electron chi connectivity index (χ2n) is 3.56. The Labute approximate surface area is 98.7 Å². The number of nitrogen functional groups attached to an aromatic ring is 1. The molecule has 1 aromatic rings. The Bertz CT molecular complexity index is 427. The van der Waals surface area contributed by atoms with E-state index in [1.807, 2.05) is 0 Å². The maximum Gasteiger partial charge on any atom is 0.328 e. The summed E-state index contributed by atoms with van der Waals surface area (Å²) in [4.78, 5) is 23.0. The number of carbonyl (C=O) groups excluding carboxylic acids is 2. The van der Waals surface area contributed by atoms with Crippen molar-refractivity contribution in [2.24, 2.45) is 0 Å². The zero-order valence-electron chi connectivity index (χ0n) is 10.0. The number of aromatic amines is 1. The van der Waals surface area contributed by atoms with Crippen LogP contribution >= 0.6 is 0 Å². The fraction of sp³-hybridized carbons (Fsp3) is 0.500. The third kappa shape index (κ3) is 2.96. The monoisotopic (exact) mass is 240 g/mol. The minimum Gasteiger partial charge on any atom is -0.464 e. The van der Waals surface area contributed by atoms with Crippen LogP contribution in [0.3, 0.4) is 0 Å². The molecule has 0 bridgehead atoms. The molecule has 0 radical (unpaired) electrons. The molecule has 0 fully saturated rings. The van der Waals surface area contributed by atoms with Crippen LogP contribution < -0.4 is 11.1 Å². The summed E-state index contributed by atoms with van der Waals surface area (Å²) in [5.74, 6) is -1.00. The number of hydrogen-bond acceptors (Lipinski definition) is 5. The maximum atomic E-state index is 11.7. The van der Waals surface area contributed by atoms with Gasteiger partial charge in [-0.15, -0.1) is 0 Å². The van der Waals surface area contributed by atoms with Crippen molar-refractivity contribution in [3.63, 3.8) is 0 Å². The molecule has 4 N–H and O–H groups in total.